The Morgan fingerprint density at radius 1 is 1.24 bits per heavy atom. The minimum absolute atomic E-state index is 0.312. The van der Waals surface area contributed by atoms with Crippen LogP contribution in [0.25, 0.3) is 0 Å². The lowest BCUT2D eigenvalue weighted by molar-refractivity contribution is -0.0692. The van der Waals surface area contributed by atoms with E-state index in [0.717, 1.165) is 11.2 Å². The third kappa shape index (κ3) is 3.70. The van der Waals surface area contributed by atoms with Gasteiger partial charge < -0.3 is 4.74 Å². The SMILES string of the molecule is CCCC(CBr)CC1CCC2(CCCCC2)O1. The molecule has 0 N–H and O–H groups in total. The summed E-state index contributed by atoms with van der Waals surface area (Å²) in [5.41, 5.74) is 0.312. The zero-order valence-corrected chi connectivity index (χ0v) is 12.8. The van der Waals surface area contributed by atoms with Crippen LogP contribution in [0.3, 0.4) is 0 Å². The number of halogens is 1. The largest absolute Gasteiger partial charge is 0.372 e. The Labute approximate surface area is 115 Å². The van der Waals surface area contributed by atoms with E-state index in [1.165, 1.54) is 64.2 Å². The van der Waals surface area contributed by atoms with Gasteiger partial charge in [0.15, 0.2) is 0 Å². The monoisotopic (exact) mass is 302 g/mol. The highest BCUT2D eigenvalue weighted by Crippen LogP contribution is 2.43. The topological polar surface area (TPSA) is 9.23 Å². The lowest BCUT2D eigenvalue weighted by Gasteiger charge is -2.33. The zero-order chi connectivity index (χ0) is 12.1. The fourth-order valence-electron chi connectivity index (χ4n) is 3.66. The smallest absolute Gasteiger partial charge is 0.0687 e. The molecule has 0 aromatic rings. The quantitative estimate of drug-likeness (QED) is 0.644. The van der Waals surface area contributed by atoms with Crippen molar-refractivity contribution >= 4 is 15.9 Å². The number of alkyl halides is 1. The van der Waals surface area contributed by atoms with E-state index in [1.54, 1.807) is 0 Å². The van der Waals surface area contributed by atoms with Crippen molar-refractivity contribution < 1.29 is 4.74 Å². The van der Waals surface area contributed by atoms with Gasteiger partial charge in [0.2, 0.25) is 0 Å². The van der Waals surface area contributed by atoms with Gasteiger partial charge in [-0.1, -0.05) is 48.5 Å². The standard InChI is InChI=1S/C15H27BrO/c1-2-6-13(12-16)11-14-7-10-15(17-14)8-4-3-5-9-15/h13-14H,2-12H2,1H3. The number of hydrogen-bond acceptors (Lipinski definition) is 1. The molecule has 0 radical (unpaired) electrons. The maximum absolute atomic E-state index is 6.45. The molecule has 1 nitrogen and oxygen atoms in total. The lowest BCUT2D eigenvalue weighted by atomic mass is 9.83. The van der Waals surface area contributed by atoms with Gasteiger partial charge in [0, 0.05) is 5.33 Å². The molecule has 100 valence electrons. The average molecular weight is 303 g/mol. The Bertz CT molecular complexity index is 223. The molecule has 1 aliphatic heterocycles. The number of ether oxygens (including phenoxy) is 1. The third-order valence-electron chi connectivity index (χ3n) is 4.61. The van der Waals surface area contributed by atoms with Gasteiger partial charge in [-0.15, -0.1) is 0 Å². The summed E-state index contributed by atoms with van der Waals surface area (Å²) in [4.78, 5) is 0. The van der Waals surface area contributed by atoms with Crippen molar-refractivity contribution in [1.82, 2.24) is 0 Å². The first-order valence-electron chi connectivity index (χ1n) is 7.52. The molecule has 1 saturated carbocycles. The van der Waals surface area contributed by atoms with Crippen LogP contribution in [-0.4, -0.2) is 17.0 Å². The summed E-state index contributed by atoms with van der Waals surface area (Å²) in [6.07, 6.45) is 14.0. The van der Waals surface area contributed by atoms with E-state index in [2.05, 4.69) is 22.9 Å². The second kappa shape index (κ2) is 6.56. The van der Waals surface area contributed by atoms with Gasteiger partial charge in [0.05, 0.1) is 11.7 Å². The van der Waals surface area contributed by atoms with E-state index in [-0.39, 0.29) is 0 Å². The zero-order valence-electron chi connectivity index (χ0n) is 11.2. The first-order chi connectivity index (χ1) is 8.28. The number of hydrogen-bond donors (Lipinski definition) is 0. The van der Waals surface area contributed by atoms with Crippen molar-refractivity contribution in [2.24, 2.45) is 5.92 Å². The number of rotatable bonds is 5. The molecule has 1 heterocycles. The Hall–Kier alpha value is 0.440. The molecule has 2 aliphatic rings. The minimum Gasteiger partial charge on any atom is -0.372 e. The van der Waals surface area contributed by atoms with Gasteiger partial charge in [0.25, 0.3) is 0 Å². The van der Waals surface area contributed by atoms with E-state index in [9.17, 15) is 0 Å². The highest BCUT2D eigenvalue weighted by molar-refractivity contribution is 9.09. The molecule has 2 rings (SSSR count). The van der Waals surface area contributed by atoms with Crippen LogP contribution >= 0.6 is 15.9 Å². The van der Waals surface area contributed by atoms with E-state index < -0.39 is 0 Å². The van der Waals surface area contributed by atoms with Crippen LogP contribution in [0, 0.1) is 5.92 Å². The van der Waals surface area contributed by atoms with Crippen LogP contribution in [0.4, 0.5) is 0 Å². The normalized spacial score (nSPS) is 29.6. The highest BCUT2D eigenvalue weighted by atomic mass is 79.9. The Morgan fingerprint density at radius 3 is 2.65 bits per heavy atom. The van der Waals surface area contributed by atoms with Gasteiger partial charge >= 0.3 is 0 Å². The summed E-state index contributed by atoms with van der Waals surface area (Å²) in [5.74, 6) is 0.823. The molecule has 1 spiro atoms. The molecular formula is C15H27BrO. The predicted octanol–water partition coefficient (Wildman–Crippen LogP) is 5.07. The second-order valence-corrected chi connectivity index (χ2v) is 6.71. The summed E-state index contributed by atoms with van der Waals surface area (Å²) in [6.45, 7) is 2.29. The lowest BCUT2D eigenvalue weighted by Crippen LogP contribution is -2.32. The molecule has 2 atom stereocenters. The fraction of sp³-hybridized carbons (Fsp3) is 1.00. The molecule has 1 saturated heterocycles. The van der Waals surface area contributed by atoms with Gasteiger partial charge in [0.1, 0.15) is 0 Å². The van der Waals surface area contributed by atoms with Crippen molar-refractivity contribution in [2.45, 2.75) is 82.8 Å². The van der Waals surface area contributed by atoms with Crippen LogP contribution in [-0.2, 0) is 4.74 Å². The minimum atomic E-state index is 0.312. The van der Waals surface area contributed by atoms with Crippen molar-refractivity contribution in [3.63, 3.8) is 0 Å². The Kier molecular flexibility index (Phi) is 5.35. The van der Waals surface area contributed by atoms with Crippen molar-refractivity contribution in [1.29, 1.82) is 0 Å². The first-order valence-corrected chi connectivity index (χ1v) is 8.64. The second-order valence-electron chi connectivity index (χ2n) is 6.07. The van der Waals surface area contributed by atoms with Crippen LogP contribution in [0.2, 0.25) is 0 Å². The van der Waals surface area contributed by atoms with Gasteiger partial charge in [-0.2, -0.15) is 0 Å². The highest BCUT2D eigenvalue weighted by Gasteiger charge is 2.40. The summed E-state index contributed by atoms with van der Waals surface area (Å²) < 4.78 is 6.45. The fourth-order valence-corrected chi connectivity index (χ4v) is 4.25. The van der Waals surface area contributed by atoms with Crippen molar-refractivity contribution in [3.05, 3.63) is 0 Å². The predicted molar refractivity (Wildman–Crippen MR) is 76.7 cm³/mol. The van der Waals surface area contributed by atoms with Crippen LogP contribution in [0.5, 0.6) is 0 Å². The van der Waals surface area contributed by atoms with E-state index >= 15 is 0 Å². The summed E-state index contributed by atoms with van der Waals surface area (Å²) in [7, 11) is 0. The summed E-state index contributed by atoms with van der Waals surface area (Å²) in [6, 6.07) is 0. The molecular weight excluding hydrogens is 276 g/mol. The van der Waals surface area contributed by atoms with Crippen LogP contribution in [0.1, 0.15) is 71.1 Å². The molecule has 2 heteroatoms. The first kappa shape index (κ1) is 13.9. The van der Waals surface area contributed by atoms with Crippen LogP contribution in [0.15, 0.2) is 0 Å². The molecule has 0 aromatic heterocycles. The molecule has 0 aromatic carbocycles. The maximum Gasteiger partial charge on any atom is 0.0687 e. The van der Waals surface area contributed by atoms with Crippen molar-refractivity contribution in [3.8, 4) is 0 Å². The van der Waals surface area contributed by atoms with Gasteiger partial charge in [-0.3, -0.25) is 0 Å². The summed E-state index contributed by atoms with van der Waals surface area (Å²) in [5, 5.41) is 1.15. The third-order valence-corrected chi connectivity index (χ3v) is 5.53. The maximum atomic E-state index is 6.45. The van der Waals surface area contributed by atoms with Crippen molar-refractivity contribution in [2.75, 3.05) is 5.33 Å². The van der Waals surface area contributed by atoms with Crippen LogP contribution < -0.4 is 0 Å². The molecule has 2 unspecified atom stereocenters. The molecule has 0 bridgehead atoms. The summed E-state index contributed by atoms with van der Waals surface area (Å²) >= 11 is 3.66. The Morgan fingerprint density at radius 2 is 2.00 bits per heavy atom. The van der Waals surface area contributed by atoms with Gasteiger partial charge in [-0.05, 0) is 44.4 Å². The van der Waals surface area contributed by atoms with E-state index in [0.29, 0.717) is 11.7 Å². The Balaban J connectivity index is 1.80. The van der Waals surface area contributed by atoms with E-state index in [4.69, 9.17) is 4.74 Å². The van der Waals surface area contributed by atoms with Gasteiger partial charge in [-0.25, -0.2) is 0 Å². The molecule has 2 fully saturated rings. The van der Waals surface area contributed by atoms with E-state index in [1.807, 2.05) is 0 Å². The molecule has 17 heavy (non-hydrogen) atoms. The molecule has 0 amide bonds. The average Bonchev–Trinajstić information content (AvgIpc) is 2.72. The molecule has 1 aliphatic carbocycles.